The Morgan fingerprint density at radius 3 is 2.83 bits per heavy atom. The molecule has 0 spiro atoms. The smallest absolute Gasteiger partial charge is 0.273 e. The molecule has 2 unspecified atom stereocenters. The highest BCUT2D eigenvalue weighted by Crippen LogP contribution is 2.39. The van der Waals surface area contributed by atoms with Crippen LogP contribution in [0.4, 0.5) is 11.6 Å². The molecule has 9 heteroatoms. The van der Waals surface area contributed by atoms with E-state index in [2.05, 4.69) is 51.3 Å². The standard InChI is InChI=1S/C21H27N7OS/c1-11(2)14(9-25-20(29)17-18(22)24-7-6-23-17)28-19-16-13-5-4-12(3)8-15(13)30-21(16)27-10-26-19/h6-7,10-12,14H,4-5,8-9H2,1-3H3,(H2,22,24)(H,25,29)(H,26,27,28). The van der Waals surface area contributed by atoms with Gasteiger partial charge in [-0.15, -0.1) is 11.3 Å². The molecular weight excluding hydrogens is 398 g/mol. The lowest BCUT2D eigenvalue weighted by Crippen LogP contribution is -2.40. The van der Waals surface area contributed by atoms with Gasteiger partial charge in [-0.05, 0) is 36.7 Å². The zero-order valence-corrected chi connectivity index (χ0v) is 18.3. The van der Waals surface area contributed by atoms with Crippen LogP contribution >= 0.6 is 11.3 Å². The molecule has 2 atom stereocenters. The lowest BCUT2D eigenvalue weighted by atomic mass is 9.89. The molecule has 0 saturated carbocycles. The van der Waals surface area contributed by atoms with Crippen molar-refractivity contribution >= 4 is 39.1 Å². The molecular formula is C21H27N7OS. The van der Waals surface area contributed by atoms with Crippen molar-refractivity contribution in [2.24, 2.45) is 11.8 Å². The number of aromatic nitrogens is 4. The van der Waals surface area contributed by atoms with E-state index in [-0.39, 0.29) is 29.4 Å². The largest absolute Gasteiger partial charge is 0.382 e. The number of carbonyl (C=O) groups is 1. The SMILES string of the molecule is CC1CCc2c(sc3ncnc(NC(CNC(=O)c4nccnc4N)C(C)C)c23)C1. The molecule has 3 aromatic rings. The lowest BCUT2D eigenvalue weighted by Gasteiger charge is -2.24. The molecule has 0 saturated heterocycles. The van der Waals surface area contributed by atoms with Crippen LogP contribution in [0.3, 0.4) is 0 Å². The Morgan fingerprint density at radius 1 is 1.27 bits per heavy atom. The monoisotopic (exact) mass is 425 g/mol. The fourth-order valence-corrected chi connectivity index (χ4v) is 5.17. The van der Waals surface area contributed by atoms with Crippen molar-refractivity contribution in [3.63, 3.8) is 0 Å². The second kappa shape index (κ2) is 8.51. The van der Waals surface area contributed by atoms with E-state index in [0.29, 0.717) is 12.5 Å². The summed E-state index contributed by atoms with van der Waals surface area (Å²) in [6.07, 6.45) is 7.91. The fraction of sp³-hybridized carbons (Fsp3) is 0.476. The summed E-state index contributed by atoms with van der Waals surface area (Å²) in [5.74, 6) is 1.62. The molecule has 30 heavy (non-hydrogen) atoms. The van der Waals surface area contributed by atoms with Crippen molar-refractivity contribution in [2.45, 2.75) is 46.1 Å². The van der Waals surface area contributed by atoms with Gasteiger partial charge in [-0.3, -0.25) is 4.79 Å². The maximum absolute atomic E-state index is 12.5. The zero-order valence-electron chi connectivity index (χ0n) is 17.5. The first-order valence-electron chi connectivity index (χ1n) is 10.3. The number of carbonyl (C=O) groups excluding carboxylic acids is 1. The Morgan fingerprint density at radius 2 is 2.07 bits per heavy atom. The van der Waals surface area contributed by atoms with Crippen LogP contribution in [0.5, 0.6) is 0 Å². The van der Waals surface area contributed by atoms with Gasteiger partial charge in [-0.2, -0.15) is 0 Å². The van der Waals surface area contributed by atoms with E-state index in [4.69, 9.17) is 5.73 Å². The summed E-state index contributed by atoms with van der Waals surface area (Å²) in [5, 5.41) is 7.63. The van der Waals surface area contributed by atoms with Crippen LogP contribution < -0.4 is 16.4 Å². The molecule has 0 aliphatic heterocycles. The van der Waals surface area contributed by atoms with Crippen molar-refractivity contribution < 1.29 is 4.79 Å². The predicted molar refractivity (Wildman–Crippen MR) is 120 cm³/mol. The summed E-state index contributed by atoms with van der Waals surface area (Å²) >= 11 is 1.78. The first kappa shape index (κ1) is 20.5. The van der Waals surface area contributed by atoms with E-state index in [1.807, 2.05) is 0 Å². The van der Waals surface area contributed by atoms with Gasteiger partial charge < -0.3 is 16.4 Å². The number of hydrogen-bond donors (Lipinski definition) is 3. The average Bonchev–Trinajstić information content (AvgIpc) is 3.09. The first-order chi connectivity index (χ1) is 14.4. The van der Waals surface area contributed by atoms with Gasteiger partial charge in [0.05, 0.1) is 5.39 Å². The molecule has 3 heterocycles. The van der Waals surface area contributed by atoms with Crippen LogP contribution in [0.1, 0.15) is 48.1 Å². The maximum Gasteiger partial charge on any atom is 0.273 e. The summed E-state index contributed by atoms with van der Waals surface area (Å²) in [5.41, 5.74) is 7.30. The van der Waals surface area contributed by atoms with Crippen molar-refractivity contribution in [2.75, 3.05) is 17.6 Å². The number of aryl methyl sites for hydroxylation is 1. The number of fused-ring (bicyclic) bond motifs is 3. The minimum Gasteiger partial charge on any atom is -0.382 e. The minimum atomic E-state index is -0.331. The van der Waals surface area contributed by atoms with Gasteiger partial charge in [0.25, 0.3) is 5.91 Å². The van der Waals surface area contributed by atoms with Crippen molar-refractivity contribution in [3.05, 3.63) is 34.9 Å². The van der Waals surface area contributed by atoms with Gasteiger partial charge in [0, 0.05) is 29.9 Å². The Bertz CT molecular complexity index is 1060. The van der Waals surface area contributed by atoms with E-state index in [1.165, 1.54) is 29.3 Å². The summed E-state index contributed by atoms with van der Waals surface area (Å²) in [7, 11) is 0. The van der Waals surface area contributed by atoms with E-state index in [9.17, 15) is 4.79 Å². The summed E-state index contributed by atoms with van der Waals surface area (Å²) in [6.45, 7) is 6.95. The number of nitrogens with zero attached hydrogens (tertiary/aromatic N) is 4. The Kier molecular flexibility index (Phi) is 5.80. The highest BCUT2D eigenvalue weighted by Gasteiger charge is 2.25. The molecule has 0 radical (unpaired) electrons. The molecule has 1 aliphatic rings. The normalized spacial score (nSPS) is 17.0. The number of hydrogen-bond acceptors (Lipinski definition) is 8. The highest BCUT2D eigenvalue weighted by atomic mass is 32.1. The Hall–Kier alpha value is -2.81. The molecule has 158 valence electrons. The average molecular weight is 426 g/mol. The number of anilines is 2. The molecule has 1 amide bonds. The van der Waals surface area contributed by atoms with Crippen LogP contribution in [-0.4, -0.2) is 38.4 Å². The number of amides is 1. The maximum atomic E-state index is 12.5. The van der Waals surface area contributed by atoms with Gasteiger partial charge >= 0.3 is 0 Å². The van der Waals surface area contributed by atoms with Gasteiger partial charge in [-0.25, -0.2) is 19.9 Å². The van der Waals surface area contributed by atoms with E-state index < -0.39 is 0 Å². The summed E-state index contributed by atoms with van der Waals surface area (Å²) in [4.78, 5) is 32.0. The molecule has 0 bridgehead atoms. The molecule has 8 nitrogen and oxygen atoms in total. The Labute approximate surface area is 179 Å². The second-order valence-electron chi connectivity index (χ2n) is 8.25. The molecule has 0 aromatic carbocycles. The third-order valence-corrected chi connectivity index (χ3v) is 6.81. The zero-order chi connectivity index (χ0) is 21.3. The molecule has 0 fully saturated rings. The number of nitrogens with one attached hydrogen (secondary N) is 2. The third-order valence-electron chi connectivity index (χ3n) is 5.64. The van der Waals surface area contributed by atoms with E-state index in [0.717, 1.165) is 28.9 Å². The fourth-order valence-electron chi connectivity index (χ4n) is 3.82. The molecule has 1 aliphatic carbocycles. The Balaban J connectivity index is 1.54. The third kappa shape index (κ3) is 4.07. The highest BCUT2D eigenvalue weighted by molar-refractivity contribution is 7.19. The summed E-state index contributed by atoms with van der Waals surface area (Å²) < 4.78 is 0. The molecule has 3 aromatic heterocycles. The van der Waals surface area contributed by atoms with Crippen LogP contribution in [0.15, 0.2) is 18.7 Å². The van der Waals surface area contributed by atoms with Gasteiger partial charge in [0.1, 0.15) is 17.0 Å². The predicted octanol–water partition coefficient (Wildman–Crippen LogP) is 3.05. The number of nitrogens with two attached hydrogens (primary N) is 1. The number of thiophene rings is 1. The summed E-state index contributed by atoms with van der Waals surface area (Å²) in [6, 6.07) is -0.0111. The van der Waals surface area contributed by atoms with Crippen molar-refractivity contribution in [3.8, 4) is 0 Å². The minimum absolute atomic E-state index is 0.0111. The lowest BCUT2D eigenvalue weighted by molar-refractivity contribution is 0.0946. The van der Waals surface area contributed by atoms with E-state index >= 15 is 0 Å². The van der Waals surface area contributed by atoms with Crippen LogP contribution in [-0.2, 0) is 12.8 Å². The van der Waals surface area contributed by atoms with Crippen molar-refractivity contribution in [1.29, 1.82) is 0 Å². The second-order valence-corrected chi connectivity index (χ2v) is 9.33. The van der Waals surface area contributed by atoms with Gasteiger partial charge in [0.15, 0.2) is 11.5 Å². The quantitative estimate of drug-likeness (QED) is 0.555. The first-order valence-corrected chi connectivity index (χ1v) is 11.1. The van der Waals surface area contributed by atoms with Gasteiger partial charge in [-0.1, -0.05) is 20.8 Å². The number of nitrogen functional groups attached to an aromatic ring is 1. The van der Waals surface area contributed by atoms with Crippen LogP contribution in [0.25, 0.3) is 10.2 Å². The van der Waals surface area contributed by atoms with Crippen LogP contribution in [0, 0.1) is 11.8 Å². The molecule has 4 N–H and O–H groups in total. The molecule has 4 rings (SSSR count). The topological polar surface area (TPSA) is 119 Å². The van der Waals surface area contributed by atoms with E-state index in [1.54, 1.807) is 17.7 Å². The van der Waals surface area contributed by atoms with Gasteiger partial charge in [0.2, 0.25) is 0 Å². The number of rotatable bonds is 6. The van der Waals surface area contributed by atoms with Crippen molar-refractivity contribution in [1.82, 2.24) is 25.3 Å². The van der Waals surface area contributed by atoms with Crippen LogP contribution in [0.2, 0.25) is 0 Å².